The van der Waals surface area contributed by atoms with Crippen LogP contribution in [0.25, 0.3) is 5.57 Å². The summed E-state index contributed by atoms with van der Waals surface area (Å²) in [6.45, 7) is 18.2. The van der Waals surface area contributed by atoms with E-state index >= 15 is 0 Å². The lowest BCUT2D eigenvalue weighted by atomic mass is 10.00. The highest BCUT2D eigenvalue weighted by molar-refractivity contribution is 6.79. The second-order valence-corrected chi connectivity index (χ2v) is 12.7. The molecule has 0 heterocycles. The van der Waals surface area contributed by atoms with Crippen molar-refractivity contribution in [1.29, 1.82) is 0 Å². The van der Waals surface area contributed by atoms with E-state index in [-0.39, 0.29) is 11.4 Å². The molecule has 3 heteroatoms. The summed E-state index contributed by atoms with van der Waals surface area (Å²) in [5.41, 5.74) is 7.27. The topological polar surface area (TPSA) is 12.0 Å². The molecule has 0 fully saturated rings. The van der Waals surface area contributed by atoms with Crippen LogP contribution in [0.4, 0.5) is 4.39 Å². The molecule has 0 saturated heterocycles. The summed E-state index contributed by atoms with van der Waals surface area (Å²) >= 11 is 0. The van der Waals surface area contributed by atoms with Crippen LogP contribution in [-0.2, 0) is 0 Å². The van der Waals surface area contributed by atoms with Crippen LogP contribution in [0.2, 0.25) is 18.6 Å². The molecule has 1 N–H and O–H groups in total. The zero-order valence-corrected chi connectivity index (χ0v) is 16.8. The van der Waals surface area contributed by atoms with E-state index in [2.05, 4.69) is 59.6 Å². The van der Waals surface area contributed by atoms with Crippen LogP contribution in [0.15, 0.2) is 41.0 Å². The molecule has 0 aliphatic heterocycles. The fourth-order valence-electron chi connectivity index (χ4n) is 4.10. The highest BCUT2D eigenvalue weighted by Crippen LogP contribution is 2.50. The molecule has 23 heavy (non-hydrogen) atoms. The molecular formula is C20H30FNSi. The minimum atomic E-state index is -1.77. The van der Waals surface area contributed by atoms with Crippen LogP contribution < -0.4 is 4.98 Å². The molecule has 1 aliphatic carbocycles. The van der Waals surface area contributed by atoms with E-state index in [4.69, 9.17) is 0 Å². The van der Waals surface area contributed by atoms with Gasteiger partial charge in [0, 0.05) is 11.1 Å². The van der Waals surface area contributed by atoms with Crippen LogP contribution in [0.3, 0.4) is 0 Å². The Balaban J connectivity index is 2.53. The van der Waals surface area contributed by atoms with Gasteiger partial charge in [-0.05, 0) is 76.0 Å². The Kier molecular flexibility index (Phi) is 4.75. The number of nitrogens with one attached hydrogen (secondary N) is 1. The first-order valence-corrected chi connectivity index (χ1v) is 11.5. The maximum Gasteiger partial charge on any atom is 0.131 e. The minimum absolute atomic E-state index is 0.0916. The van der Waals surface area contributed by atoms with E-state index in [1.165, 1.54) is 22.3 Å². The average molecular weight is 332 g/mol. The molecule has 0 saturated carbocycles. The van der Waals surface area contributed by atoms with Crippen LogP contribution in [-0.4, -0.2) is 13.8 Å². The van der Waals surface area contributed by atoms with E-state index in [9.17, 15) is 4.39 Å². The highest BCUT2D eigenvalue weighted by Gasteiger charge is 2.42. The first-order chi connectivity index (χ1) is 10.4. The average Bonchev–Trinajstić information content (AvgIpc) is 2.62. The third kappa shape index (κ3) is 3.67. The van der Waals surface area contributed by atoms with E-state index < -0.39 is 8.24 Å². The zero-order chi connectivity index (χ0) is 17.6. The molecule has 2 rings (SSSR count). The minimum Gasteiger partial charge on any atom is -0.332 e. The van der Waals surface area contributed by atoms with Crippen molar-refractivity contribution < 1.29 is 4.39 Å². The van der Waals surface area contributed by atoms with Gasteiger partial charge in [-0.25, -0.2) is 4.39 Å². The maximum absolute atomic E-state index is 13.3. The number of allylic oxidation sites excluding steroid dienone is 4. The second kappa shape index (κ2) is 6.03. The number of hydrogen-bond acceptors (Lipinski definition) is 1. The Labute approximate surface area is 141 Å². The molecule has 1 aromatic rings. The summed E-state index contributed by atoms with van der Waals surface area (Å²) < 4.78 is 13.3. The van der Waals surface area contributed by atoms with Crippen molar-refractivity contribution in [3.63, 3.8) is 0 Å². The molecule has 1 aliphatic rings. The molecule has 0 spiro atoms. The molecule has 1 aromatic carbocycles. The lowest BCUT2D eigenvalue weighted by Crippen LogP contribution is -2.57. The van der Waals surface area contributed by atoms with E-state index in [1.54, 1.807) is 12.1 Å². The summed E-state index contributed by atoms with van der Waals surface area (Å²) in [5, 5.41) is 0. The molecule has 0 bridgehead atoms. The largest absolute Gasteiger partial charge is 0.332 e. The molecule has 0 aromatic heterocycles. The number of hydrogen-bond donors (Lipinski definition) is 1. The SMILES string of the molecule is CC1=C(C)C([Si](C)(C)NC(C)(C)C)C(c2ccc(F)cc2)=C1C. The van der Waals surface area contributed by atoms with Gasteiger partial charge >= 0.3 is 0 Å². The van der Waals surface area contributed by atoms with Crippen molar-refractivity contribution in [2.24, 2.45) is 0 Å². The van der Waals surface area contributed by atoms with Gasteiger partial charge in [0.1, 0.15) is 14.1 Å². The Hall–Kier alpha value is -1.19. The number of halogens is 1. The summed E-state index contributed by atoms with van der Waals surface area (Å²) in [6, 6.07) is 6.99. The van der Waals surface area contributed by atoms with Crippen LogP contribution in [0, 0.1) is 5.82 Å². The fourth-order valence-corrected chi connectivity index (χ4v) is 8.58. The van der Waals surface area contributed by atoms with E-state index in [1.807, 2.05) is 12.1 Å². The van der Waals surface area contributed by atoms with Gasteiger partial charge in [0.25, 0.3) is 0 Å². The first kappa shape index (κ1) is 18.1. The van der Waals surface area contributed by atoms with Gasteiger partial charge in [-0.15, -0.1) is 0 Å². The predicted molar refractivity (Wildman–Crippen MR) is 101 cm³/mol. The van der Waals surface area contributed by atoms with Gasteiger partial charge in [-0.3, -0.25) is 0 Å². The molecular weight excluding hydrogens is 301 g/mol. The van der Waals surface area contributed by atoms with Crippen molar-refractivity contribution in [3.8, 4) is 0 Å². The second-order valence-electron chi connectivity index (χ2n) is 8.38. The van der Waals surface area contributed by atoms with Crippen LogP contribution in [0.5, 0.6) is 0 Å². The van der Waals surface area contributed by atoms with Gasteiger partial charge in [-0.2, -0.15) is 0 Å². The molecule has 1 nitrogen and oxygen atoms in total. The third-order valence-corrected chi connectivity index (χ3v) is 8.41. The molecule has 0 radical (unpaired) electrons. The lowest BCUT2D eigenvalue weighted by molar-refractivity contribution is 0.510. The van der Waals surface area contributed by atoms with Gasteiger partial charge in [0.05, 0.1) is 0 Å². The lowest BCUT2D eigenvalue weighted by Gasteiger charge is -2.40. The maximum atomic E-state index is 13.3. The standard InChI is InChI=1S/C20H30FNSi/c1-13-14(2)18(16-9-11-17(21)12-10-16)19(15(13)3)23(7,8)22-20(4,5)6/h9-12,19,22H,1-8H3. The molecule has 1 atom stereocenters. The van der Waals surface area contributed by atoms with Crippen molar-refractivity contribution >= 4 is 13.8 Å². The Morgan fingerprint density at radius 2 is 1.48 bits per heavy atom. The Morgan fingerprint density at radius 1 is 0.957 bits per heavy atom. The Morgan fingerprint density at radius 3 is 1.96 bits per heavy atom. The van der Waals surface area contributed by atoms with Crippen molar-refractivity contribution in [2.45, 2.75) is 65.7 Å². The smallest absolute Gasteiger partial charge is 0.131 e. The summed E-state index contributed by atoms with van der Waals surface area (Å²) in [5.74, 6) is -0.174. The fraction of sp³-hybridized carbons (Fsp3) is 0.500. The molecule has 126 valence electrons. The third-order valence-electron chi connectivity index (χ3n) is 4.85. The van der Waals surface area contributed by atoms with Crippen LogP contribution in [0.1, 0.15) is 47.1 Å². The Bertz CT molecular complexity index is 660. The monoisotopic (exact) mass is 331 g/mol. The summed E-state index contributed by atoms with van der Waals surface area (Å²) in [7, 11) is -1.77. The van der Waals surface area contributed by atoms with Crippen molar-refractivity contribution in [2.75, 3.05) is 0 Å². The van der Waals surface area contributed by atoms with Crippen molar-refractivity contribution in [3.05, 3.63) is 52.4 Å². The summed E-state index contributed by atoms with van der Waals surface area (Å²) in [4.78, 5) is 3.92. The molecule has 1 unspecified atom stereocenters. The van der Waals surface area contributed by atoms with Crippen LogP contribution >= 0.6 is 0 Å². The number of rotatable bonds is 3. The first-order valence-electron chi connectivity index (χ1n) is 8.38. The normalized spacial score (nSPS) is 19.8. The predicted octanol–water partition coefficient (Wildman–Crippen LogP) is 5.91. The zero-order valence-electron chi connectivity index (χ0n) is 15.8. The van der Waals surface area contributed by atoms with E-state index in [0.717, 1.165) is 5.56 Å². The van der Waals surface area contributed by atoms with Gasteiger partial charge < -0.3 is 4.98 Å². The van der Waals surface area contributed by atoms with Gasteiger partial charge in [0.15, 0.2) is 0 Å². The molecule has 0 amide bonds. The van der Waals surface area contributed by atoms with Crippen molar-refractivity contribution in [1.82, 2.24) is 4.98 Å². The highest BCUT2D eigenvalue weighted by atomic mass is 28.3. The quantitative estimate of drug-likeness (QED) is 0.679. The van der Waals surface area contributed by atoms with E-state index in [0.29, 0.717) is 5.54 Å². The summed E-state index contributed by atoms with van der Waals surface area (Å²) in [6.07, 6.45) is 0. The van der Waals surface area contributed by atoms with Gasteiger partial charge in [0.2, 0.25) is 0 Å². The van der Waals surface area contributed by atoms with Gasteiger partial charge in [-0.1, -0.05) is 30.8 Å². The number of benzene rings is 1.